The average molecular weight is 180 g/mol. The second kappa shape index (κ2) is 4.62. The van der Waals surface area contributed by atoms with Gasteiger partial charge >= 0.3 is 0 Å². The van der Waals surface area contributed by atoms with Crippen molar-refractivity contribution in [2.45, 2.75) is 12.2 Å². The molecule has 0 spiro atoms. The highest BCUT2D eigenvalue weighted by Gasteiger charge is 2.04. The molecule has 3 nitrogen and oxygen atoms in total. The zero-order valence-electron chi connectivity index (χ0n) is 6.09. The summed E-state index contributed by atoms with van der Waals surface area (Å²) in [5, 5.41) is 3.10. The van der Waals surface area contributed by atoms with Crippen LogP contribution >= 0.6 is 12.2 Å². The van der Waals surface area contributed by atoms with Gasteiger partial charge in [-0.05, 0) is 19.1 Å². The fraction of sp³-hybridized carbons (Fsp3) is 0.800. The molecule has 0 amide bonds. The van der Waals surface area contributed by atoms with Crippen LogP contribution in [0.3, 0.4) is 0 Å². The van der Waals surface area contributed by atoms with Crippen molar-refractivity contribution in [1.82, 2.24) is 5.32 Å². The van der Waals surface area contributed by atoms with E-state index in [1.165, 1.54) is 0 Å². The van der Waals surface area contributed by atoms with Gasteiger partial charge in [-0.1, -0.05) is 0 Å². The molecule has 0 aliphatic carbocycles. The van der Waals surface area contributed by atoms with E-state index in [1.54, 1.807) is 6.26 Å². The molecule has 2 unspecified atom stereocenters. The SMILES string of the molecule is CC(CNC(N)=S)S(C)=O. The molecule has 0 saturated heterocycles. The average Bonchev–Trinajstić information content (AvgIpc) is 1.82. The fourth-order valence-corrected chi connectivity index (χ4v) is 0.763. The van der Waals surface area contributed by atoms with Crippen LogP contribution in [-0.2, 0) is 10.8 Å². The first-order chi connectivity index (χ1) is 4.54. The fourth-order valence-electron chi connectivity index (χ4n) is 0.362. The van der Waals surface area contributed by atoms with E-state index < -0.39 is 10.8 Å². The second-order valence-corrected chi connectivity index (χ2v) is 4.30. The van der Waals surface area contributed by atoms with Crippen LogP contribution in [0.2, 0.25) is 0 Å². The summed E-state index contributed by atoms with van der Waals surface area (Å²) in [5.41, 5.74) is 5.16. The summed E-state index contributed by atoms with van der Waals surface area (Å²) in [6, 6.07) is 0. The molecule has 0 saturated carbocycles. The van der Waals surface area contributed by atoms with Crippen molar-refractivity contribution >= 4 is 28.1 Å². The van der Waals surface area contributed by atoms with Crippen molar-refractivity contribution < 1.29 is 4.21 Å². The van der Waals surface area contributed by atoms with Crippen molar-refractivity contribution in [2.24, 2.45) is 5.73 Å². The molecule has 0 fully saturated rings. The van der Waals surface area contributed by atoms with Gasteiger partial charge in [0.25, 0.3) is 0 Å². The number of nitrogens with two attached hydrogens (primary N) is 1. The Balaban J connectivity index is 3.49. The molecule has 10 heavy (non-hydrogen) atoms. The maximum atomic E-state index is 10.7. The number of thiocarbonyl (C=S) groups is 1. The molecule has 60 valence electrons. The smallest absolute Gasteiger partial charge is 0.163 e. The maximum Gasteiger partial charge on any atom is 0.163 e. The highest BCUT2D eigenvalue weighted by molar-refractivity contribution is 7.84. The van der Waals surface area contributed by atoms with Crippen LogP contribution in [0.15, 0.2) is 0 Å². The van der Waals surface area contributed by atoms with E-state index in [1.807, 2.05) is 6.92 Å². The van der Waals surface area contributed by atoms with Crippen molar-refractivity contribution in [2.75, 3.05) is 12.8 Å². The highest BCUT2D eigenvalue weighted by atomic mass is 32.2. The highest BCUT2D eigenvalue weighted by Crippen LogP contribution is 1.88. The third-order valence-corrected chi connectivity index (χ3v) is 2.57. The van der Waals surface area contributed by atoms with Crippen LogP contribution < -0.4 is 11.1 Å². The minimum atomic E-state index is -0.804. The van der Waals surface area contributed by atoms with Gasteiger partial charge in [0.05, 0.1) is 0 Å². The van der Waals surface area contributed by atoms with E-state index in [0.717, 1.165) is 0 Å². The summed E-state index contributed by atoms with van der Waals surface area (Å²) < 4.78 is 10.7. The van der Waals surface area contributed by atoms with E-state index >= 15 is 0 Å². The lowest BCUT2D eigenvalue weighted by Crippen LogP contribution is -2.35. The van der Waals surface area contributed by atoms with Crippen molar-refractivity contribution in [3.8, 4) is 0 Å². The summed E-state index contributed by atoms with van der Waals surface area (Å²) in [6.07, 6.45) is 1.66. The van der Waals surface area contributed by atoms with E-state index in [2.05, 4.69) is 17.5 Å². The lowest BCUT2D eigenvalue weighted by atomic mass is 10.5. The lowest BCUT2D eigenvalue weighted by molar-refractivity contribution is 0.674. The van der Waals surface area contributed by atoms with E-state index in [-0.39, 0.29) is 10.4 Å². The van der Waals surface area contributed by atoms with Crippen molar-refractivity contribution in [1.29, 1.82) is 0 Å². The quantitative estimate of drug-likeness (QED) is 0.580. The first kappa shape index (κ1) is 9.84. The summed E-state index contributed by atoms with van der Waals surface area (Å²) in [4.78, 5) is 0. The summed E-state index contributed by atoms with van der Waals surface area (Å²) in [7, 11) is -0.804. The zero-order valence-corrected chi connectivity index (χ0v) is 7.72. The first-order valence-corrected chi connectivity index (χ1v) is 4.92. The largest absolute Gasteiger partial charge is 0.376 e. The molecule has 0 aliphatic rings. The number of nitrogens with one attached hydrogen (secondary N) is 1. The molecular weight excluding hydrogens is 168 g/mol. The summed E-state index contributed by atoms with van der Waals surface area (Å²) in [6.45, 7) is 2.46. The molecule has 0 aromatic carbocycles. The molecule has 5 heteroatoms. The van der Waals surface area contributed by atoms with E-state index in [4.69, 9.17) is 5.73 Å². The molecule has 2 atom stereocenters. The minimum Gasteiger partial charge on any atom is -0.376 e. The van der Waals surface area contributed by atoms with Gasteiger partial charge in [0, 0.05) is 28.9 Å². The predicted molar refractivity (Wildman–Crippen MR) is 48.3 cm³/mol. The molecule has 0 aromatic rings. The Morgan fingerprint density at radius 1 is 1.90 bits per heavy atom. The minimum absolute atomic E-state index is 0.0986. The first-order valence-electron chi connectivity index (χ1n) is 2.89. The van der Waals surface area contributed by atoms with Crippen molar-refractivity contribution in [3.63, 3.8) is 0 Å². The van der Waals surface area contributed by atoms with Crippen LogP contribution in [0, 0.1) is 0 Å². The van der Waals surface area contributed by atoms with Crippen LogP contribution in [-0.4, -0.2) is 27.4 Å². The number of rotatable bonds is 3. The third-order valence-electron chi connectivity index (χ3n) is 1.13. The zero-order chi connectivity index (χ0) is 8.15. The van der Waals surface area contributed by atoms with Gasteiger partial charge in [-0.3, -0.25) is 4.21 Å². The summed E-state index contributed by atoms with van der Waals surface area (Å²) in [5.74, 6) is 0. The van der Waals surface area contributed by atoms with Gasteiger partial charge in [-0.15, -0.1) is 0 Å². The van der Waals surface area contributed by atoms with E-state index in [0.29, 0.717) is 6.54 Å². The molecule has 0 aliphatic heterocycles. The Hall–Kier alpha value is -0.160. The number of hydrogen-bond acceptors (Lipinski definition) is 2. The van der Waals surface area contributed by atoms with Crippen LogP contribution in [0.4, 0.5) is 0 Å². The third kappa shape index (κ3) is 4.69. The molecule has 0 heterocycles. The Morgan fingerprint density at radius 3 is 2.70 bits per heavy atom. The van der Waals surface area contributed by atoms with E-state index in [9.17, 15) is 4.21 Å². The van der Waals surface area contributed by atoms with Gasteiger partial charge in [0.1, 0.15) is 0 Å². The maximum absolute atomic E-state index is 10.7. The van der Waals surface area contributed by atoms with Gasteiger partial charge in [-0.2, -0.15) is 0 Å². The number of hydrogen-bond donors (Lipinski definition) is 2. The molecule has 0 bridgehead atoms. The Bertz CT molecular complexity index is 149. The Kier molecular flexibility index (Phi) is 4.55. The molecule has 0 radical (unpaired) electrons. The van der Waals surface area contributed by atoms with Crippen LogP contribution in [0.1, 0.15) is 6.92 Å². The van der Waals surface area contributed by atoms with Gasteiger partial charge < -0.3 is 11.1 Å². The normalized spacial score (nSPS) is 15.8. The topological polar surface area (TPSA) is 55.1 Å². The van der Waals surface area contributed by atoms with Crippen LogP contribution in [0.25, 0.3) is 0 Å². The monoisotopic (exact) mass is 180 g/mol. The second-order valence-electron chi connectivity index (χ2n) is 2.05. The lowest BCUT2D eigenvalue weighted by Gasteiger charge is -2.08. The van der Waals surface area contributed by atoms with Gasteiger partial charge in [-0.25, -0.2) is 0 Å². The van der Waals surface area contributed by atoms with Gasteiger partial charge in [0.15, 0.2) is 5.11 Å². The predicted octanol–water partition coefficient (Wildman–Crippen LogP) is -0.413. The Morgan fingerprint density at radius 2 is 2.40 bits per heavy atom. The summed E-state index contributed by atoms with van der Waals surface area (Å²) >= 11 is 4.57. The van der Waals surface area contributed by atoms with Crippen molar-refractivity contribution in [3.05, 3.63) is 0 Å². The van der Waals surface area contributed by atoms with Gasteiger partial charge in [0.2, 0.25) is 0 Å². The molecule has 0 aromatic heterocycles. The van der Waals surface area contributed by atoms with Crippen LogP contribution in [0.5, 0.6) is 0 Å². The standard InChI is InChI=1S/C5H12N2OS2/c1-4(10(2)8)3-7-5(6)9/h4H,3H2,1-2H3,(H3,6,7,9). The molecular formula is C5H12N2OS2. The molecule has 0 rings (SSSR count). The Labute approximate surface area is 68.8 Å². The molecule has 3 N–H and O–H groups in total.